The van der Waals surface area contributed by atoms with Crippen molar-refractivity contribution in [3.05, 3.63) is 47.0 Å². The molecule has 8 heteroatoms. The Morgan fingerprint density at radius 3 is 2.15 bits per heavy atom. The van der Waals surface area contributed by atoms with Crippen LogP contribution in [0.5, 0.6) is 0 Å². The highest BCUT2D eigenvalue weighted by molar-refractivity contribution is 6.07. The molecule has 0 unspecified atom stereocenters. The van der Waals surface area contributed by atoms with Crippen molar-refractivity contribution < 1.29 is 28.7 Å². The van der Waals surface area contributed by atoms with E-state index in [0.29, 0.717) is 30.1 Å². The van der Waals surface area contributed by atoms with Crippen LogP contribution in [-0.4, -0.2) is 71.9 Å². The fourth-order valence-electron chi connectivity index (χ4n) is 16.8. The molecule has 0 radical (unpaired) electrons. The smallest absolute Gasteiger partial charge is 0.373 e. The minimum absolute atomic E-state index is 0.0211. The van der Waals surface area contributed by atoms with Gasteiger partial charge in [0.25, 0.3) is 0 Å². The van der Waals surface area contributed by atoms with Gasteiger partial charge in [-0.25, -0.2) is 0 Å². The number of carbonyl (C=O) groups is 3. The first kappa shape index (κ1) is 45.5. The van der Waals surface area contributed by atoms with E-state index in [-0.39, 0.29) is 74.9 Å². The van der Waals surface area contributed by atoms with Crippen LogP contribution >= 0.6 is 0 Å². The van der Waals surface area contributed by atoms with Crippen LogP contribution in [-0.2, 0) is 35.1 Å². The molecule has 8 nitrogen and oxygen atoms in total. The van der Waals surface area contributed by atoms with Crippen molar-refractivity contribution in [2.75, 3.05) is 26.2 Å². The molecule has 11 atom stereocenters. The van der Waals surface area contributed by atoms with Crippen molar-refractivity contribution in [2.24, 2.45) is 68.0 Å². The van der Waals surface area contributed by atoms with Gasteiger partial charge in [-0.3, -0.25) is 14.4 Å². The number of benzene rings is 1. The van der Waals surface area contributed by atoms with Gasteiger partial charge in [0.05, 0.1) is 11.3 Å². The molecule has 6 aliphatic carbocycles. The summed E-state index contributed by atoms with van der Waals surface area (Å²) in [6.45, 7) is 25.8. The summed E-state index contributed by atoms with van der Waals surface area (Å²) in [5.41, 5.74) is 3.12. The number of hydrogen-bond acceptors (Lipinski definition) is 7. The Hall–Kier alpha value is -3.09. The zero-order chi connectivity index (χ0) is 44.6. The number of rotatable bonds is 8. The van der Waals surface area contributed by atoms with E-state index in [9.17, 15) is 9.59 Å². The van der Waals surface area contributed by atoms with Gasteiger partial charge in [-0.05, 0) is 171 Å². The van der Waals surface area contributed by atoms with Crippen LogP contribution < -0.4 is 0 Å². The van der Waals surface area contributed by atoms with E-state index in [4.69, 9.17) is 14.3 Å². The quantitative estimate of drug-likeness (QED) is 0.240. The Labute approximate surface area is 373 Å². The average Bonchev–Trinajstić information content (AvgIpc) is 3.98. The molecule has 340 valence electrons. The number of Topliss-reactive ketones (excluding diaryl/α,β-unsaturated/α-hetero) is 1. The van der Waals surface area contributed by atoms with E-state index in [1.807, 2.05) is 0 Å². The van der Waals surface area contributed by atoms with E-state index in [2.05, 4.69) is 102 Å². The van der Waals surface area contributed by atoms with Crippen LogP contribution in [0, 0.1) is 68.0 Å². The van der Waals surface area contributed by atoms with E-state index in [1.54, 1.807) is 0 Å². The number of carbonyl (C=O) groups excluding carboxylic acids is 5. The molecule has 1 amide bonds. The molecule has 0 bridgehead atoms. The first-order valence-corrected chi connectivity index (χ1v) is 24.8. The fraction of sp³-hybridized carbons (Fsp3) is 0.778. The van der Waals surface area contributed by atoms with Crippen molar-refractivity contribution in [1.82, 2.24) is 9.80 Å². The lowest BCUT2D eigenvalue weighted by atomic mass is 9.33. The molecule has 9 rings (SSSR count). The van der Waals surface area contributed by atoms with Gasteiger partial charge in [-0.15, -0.1) is 0 Å². The van der Waals surface area contributed by atoms with Crippen LogP contribution in [0.15, 0.2) is 41.5 Å². The second kappa shape index (κ2) is 16.4. The number of likely N-dealkylation sites (tertiary alicyclic amines) is 2. The Morgan fingerprint density at radius 1 is 0.790 bits per heavy atom. The van der Waals surface area contributed by atoms with Crippen LogP contribution in [0.4, 0.5) is 0 Å². The van der Waals surface area contributed by atoms with Gasteiger partial charge in [-0.1, -0.05) is 92.6 Å². The van der Waals surface area contributed by atoms with Gasteiger partial charge in [-0.2, -0.15) is 9.59 Å². The summed E-state index contributed by atoms with van der Waals surface area (Å²) < 4.78 is 6.70. The zero-order valence-electron chi connectivity index (χ0n) is 39.8. The second-order valence-corrected chi connectivity index (χ2v) is 23.9. The Morgan fingerprint density at radius 2 is 1.48 bits per heavy atom. The SMILES string of the molecule is CC(C)C1=C2[C@H]3CC[C@@H]4[C@@]5(C)CC[C@H](OC(=O)[C@H]6C[C@@H](Cc7ccccc7)C6(C)C)C(C)(C)[C@@H]5CC[C@@]4(C)[C@]3(C)CC[C@@]2(C(=O)N2CCC[C@H]2CN2CCCC2)CC1=O.O=C=O. The largest absolute Gasteiger partial charge is 0.462 e. The Bertz CT molecular complexity index is 1960. The van der Waals surface area contributed by atoms with Gasteiger partial charge in [0, 0.05) is 31.0 Å². The van der Waals surface area contributed by atoms with Crippen LogP contribution in [0.1, 0.15) is 158 Å². The lowest BCUT2D eigenvalue weighted by Crippen LogP contribution is -2.66. The predicted molar refractivity (Wildman–Crippen MR) is 240 cm³/mol. The molecular formula is C54H78N2O6. The zero-order valence-corrected chi connectivity index (χ0v) is 39.8. The number of hydrogen-bond donors (Lipinski definition) is 0. The summed E-state index contributed by atoms with van der Waals surface area (Å²) in [7, 11) is 0. The Kier molecular flexibility index (Phi) is 12.0. The number of ether oxygens (including phenoxy) is 1. The summed E-state index contributed by atoms with van der Waals surface area (Å²) in [6.07, 6.45) is 15.6. The monoisotopic (exact) mass is 851 g/mol. The van der Waals surface area contributed by atoms with Crippen molar-refractivity contribution in [3.8, 4) is 0 Å². The summed E-state index contributed by atoms with van der Waals surface area (Å²) in [4.78, 5) is 64.9. The maximum absolute atomic E-state index is 15.3. The summed E-state index contributed by atoms with van der Waals surface area (Å²) in [6, 6.07) is 11.0. The minimum atomic E-state index is -0.654. The molecule has 2 aliphatic heterocycles. The van der Waals surface area contributed by atoms with Crippen LogP contribution in [0.3, 0.4) is 0 Å². The molecule has 2 saturated heterocycles. The van der Waals surface area contributed by atoms with Crippen molar-refractivity contribution in [1.29, 1.82) is 0 Å². The van der Waals surface area contributed by atoms with E-state index in [0.717, 1.165) is 109 Å². The molecule has 1 aromatic carbocycles. The topological polar surface area (TPSA) is 101 Å². The van der Waals surface area contributed by atoms with Crippen molar-refractivity contribution in [3.63, 3.8) is 0 Å². The highest BCUT2D eigenvalue weighted by atomic mass is 16.5. The molecular weight excluding hydrogens is 773 g/mol. The predicted octanol–water partition coefficient (Wildman–Crippen LogP) is 10.3. The standard InChI is InChI=1S/C53H78N2O4.CO2/c1-34(2)44-40(56)32-53(47(58)55-29-15-18-37(55)33-54-27-13-14-28-54)26-25-51(8)38(45(44)53)19-20-42-50(7)23-22-43(49(5,6)41(50)21-24-52(42,51)9)59-46(57)39-31-36(48(39,3)4)30-35-16-11-10-12-17-35;2-1-3/h10-12,16-17,34,36-39,41-43H,13-15,18-33H2,1-9H3;/t36-,37+,38-,39-,41+,42-,43+,50+,51-,52-,53-;/m1./s1. The molecule has 0 N–H and O–H groups in total. The molecule has 0 aromatic heterocycles. The third-order valence-corrected chi connectivity index (χ3v) is 20.4. The highest BCUT2D eigenvalue weighted by Crippen LogP contribution is 2.77. The second-order valence-electron chi connectivity index (χ2n) is 23.9. The van der Waals surface area contributed by atoms with E-state index >= 15 is 4.79 Å². The molecule has 5 saturated carbocycles. The van der Waals surface area contributed by atoms with Crippen molar-refractivity contribution in [2.45, 2.75) is 171 Å². The first-order chi connectivity index (χ1) is 29.3. The van der Waals surface area contributed by atoms with Crippen LogP contribution in [0.25, 0.3) is 0 Å². The molecule has 62 heavy (non-hydrogen) atoms. The average molecular weight is 851 g/mol. The summed E-state index contributed by atoms with van der Waals surface area (Å²) in [5.74, 6) is 2.49. The maximum atomic E-state index is 15.3. The fourth-order valence-corrected chi connectivity index (χ4v) is 16.8. The van der Waals surface area contributed by atoms with E-state index < -0.39 is 5.41 Å². The number of fused-ring (bicyclic) bond motifs is 7. The normalized spacial score (nSPS) is 40.6. The Balaban J connectivity index is 0.00000171. The lowest BCUT2D eigenvalue weighted by Gasteiger charge is -2.72. The number of allylic oxidation sites excluding steroid dienone is 1. The number of esters is 1. The first-order valence-electron chi connectivity index (χ1n) is 24.8. The third-order valence-electron chi connectivity index (χ3n) is 20.4. The summed E-state index contributed by atoms with van der Waals surface area (Å²) in [5, 5.41) is 0. The number of ketones is 1. The highest BCUT2D eigenvalue weighted by Gasteiger charge is 2.71. The lowest BCUT2D eigenvalue weighted by molar-refractivity contribution is -0.236. The molecule has 8 aliphatic rings. The number of nitrogens with zero attached hydrogens (tertiary/aromatic N) is 2. The summed E-state index contributed by atoms with van der Waals surface area (Å²) >= 11 is 0. The maximum Gasteiger partial charge on any atom is 0.373 e. The van der Waals surface area contributed by atoms with Gasteiger partial charge in [0.1, 0.15) is 6.10 Å². The molecule has 7 fully saturated rings. The molecule has 0 spiro atoms. The van der Waals surface area contributed by atoms with Crippen LogP contribution in [0.2, 0.25) is 0 Å². The van der Waals surface area contributed by atoms with Gasteiger partial charge in [0.2, 0.25) is 5.91 Å². The third kappa shape index (κ3) is 6.96. The molecule has 2 heterocycles. The minimum Gasteiger partial charge on any atom is -0.462 e. The van der Waals surface area contributed by atoms with Crippen molar-refractivity contribution >= 4 is 23.8 Å². The number of amides is 1. The van der Waals surface area contributed by atoms with Gasteiger partial charge >= 0.3 is 12.1 Å². The van der Waals surface area contributed by atoms with E-state index in [1.165, 1.54) is 24.0 Å². The van der Waals surface area contributed by atoms with Gasteiger partial charge in [0.15, 0.2) is 5.78 Å². The van der Waals surface area contributed by atoms with Gasteiger partial charge < -0.3 is 14.5 Å². The molecule has 1 aromatic rings.